The molecule has 0 aromatic heterocycles. The summed E-state index contributed by atoms with van der Waals surface area (Å²) in [5.74, 6) is -0.553. The van der Waals surface area contributed by atoms with Crippen LogP contribution in [0.4, 0.5) is 0 Å². The zero-order chi connectivity index (χ0) is 57.2. The van der Waals surface area contributed by atoms with Crippen molar-refractivity contribution in [3.63, 3.8) is 0 Å². The molecule has 1 N–H and O–H groups in total. The standard InChI is InChI=1S/C68H127N2O7P/c1-7-10-13-16-19-22-25-28-29-30-31-32-33-34-35-36-37-38-39-40-41-43-46-49-52-55-58-61-68(72)77-66(59-56-53-50-47-44-27-24-21-18-15-12-9-3)65(64-76-78(73,74)75-63-62-70(4,5)6)69-67(71)60-57-54-51-48-45-42-26-23-20-17-14-11-8-2/h19,22,28-29,31-32,42,45,56,59,65-66H,7-18,20-21,23-27,30,33-41,43-44,46-55,57-58,60-64H2,1-6H3,(H-,69,71,73,74)/b22-19-,29-28-,32-31-,45-42-,59-56-. The maximum atomic E-state index is 13.5. The van der Waals surface area contributed by atoms with E-state index in [0.717, 1.165) is 77.0 Å². The first-order valence-corrected chi connectivity index (χ1v) is 34.6. The van der Waals surface area contributed by atoms with Crippen molar-refractivity contribution < 1.29 is 37.3 Å². The molecule has 0 aromatic carbocycles. The van der Waals surface area contributed by atoms with Gasteiger partial charge in [0.1, 0.15) is 19.3 Å². The molecule has 0 saturated carbocycles. The Bertz CT molecular complexity index is 1520. The molecule has 78 heavy (non-hydrogen) atoms. The van der Waals surface area contributed by atoms with E-state index >= 15 is 0 Å². The van der Waals surface area contributed by atoms with Gasteiger partial charge in [0, 0.05) is 12.8 Å². The number of hydrogen-bond donors (Lipinski definition) is 1. The number of quaternary nitrogens is 1. The SMILES string of the molecule is CCCCC/C=C\C/C=C\C/C=C\CCCCCCCCCCCCCCCCC(=O)OC(/C=C\CCCCCCCCCCCC)C(COP(=O)([O-])OCC[N+](C)(C)C)NC(=O)CCCCC/C=C\CCCCCCCC. The molecule has 0 fully saturated rings. The van der Waals surface area contributed by atoms with E-state index in [4.69, 9.17) is 13.8 Å². The molecule has 1 amide bonds. The van der Waals surface area contributed by atoms with Crippen molar-refractivity contribution in [2.45, 2.75) is 322 Å². The van der Waals surface area contributed by atoms with Gasteiger partial charge in [-0.25, -0.2) is 0 Å². The van der Waals surface area contributed by atoms with Gasteiger partial charge in [0.15, 0.2) is 0 Å². The normalized spacial score (nSPS) is 14.0. The van der Waals surface area contributed by atoms with Crippen LogP contribution in [-0.2, 0) is 27.9 Å². The van der Waals surface area contributed by atoms with Crippen LogP contribution < -0.4 is 10.2 Å². The van der Waals surface area contributed by atoms with Gasteiger partial charge in [0.05, 0.1) is 33.8 Å². The smallest absolute Gasteiger partial charge is 0.306 e. The first-order valence-electron chi connectivity index (χ1n) is 33.1. The van der Waals surface area contributed by atoms with E-state index in [1.807, 2.05) is 33.3 Å². The van der Waals surface area contributed by atoms with Crippen LogP contribution in [0.15, 0.2) is 60.8 Å². The van der Waals surface area contributed by atoms with Gasteiger partial charge < -0.3 is 28.5 Å². The Balaban J connectivity index is 5.03. The molecule has 456 valence electrons. The number of hydrogen-bond acceptors (Lipinski definition) is 7. The molecule has 3 unspecified atom stereocenters. The molecular weight excluding hydrogens is 988 g/mol. The van der Waals surface area contributed by atoms with E-state index in [0.29, 0.717) is 23.9 Å². The maximum absolute atomic E-state index is 13.5. The lowest BCUT2D eigenvalue weighted by atomic mass is 10.0. The molecule has 0 saturated heterocycles. The van der Waals surface area contributed by atoms with Crippen molar-refractivity contribution in [1.82, 2.24) is 5.32 Å². The Kier molecular flexibility index (Phi) is 56.2. The summed E-state index contributed by atoms with van der Waals surface area (Å²) in [6.45, 7) is 6.82. The minimum absolute atomic E-state index is 0.0250. The number of likely N-dealkylation sites (N-methyl/N-ethyl adjacent to an activating group) is 1. The van der Waals surface area contributed by atoms with Crippen molar-refractivity contribution in [3.05, 3.63) is 60.8 Å². The van der Waals surface area contributed by atoms with Crippen LogP contribution in [0.5, 0.6) is 0 Å². The average molecular weight is 1120 g/mol. The summed E-state index contributed by atoms with van der Waals surface area (Å²) in [6.07, 6.45) is 73.4. The Labute approximate surface area is 483 Å². The molecular formula is C68H127N2O7P. The number of phosphoric acid groups is 1. The minimum atomic E-state index is -4.70. The molecule has 0 bridgehead atoms. The van der Waals surface area contributed by atoms with Gasteiger partial charge >= 0.3 is 5.97 Å². The molecule has 0 aliphatic heterocycles. The Hall–Kier alpha value is -2.29. The zero-order valence-corrected chi connectivity index (χ0v) is 53.0. The summed E-state index contributed by atoms with van der Waals surface area (Å²) in [7, 11) is 1.18. The molecule has 10 heteroatoms. The number of amides is 1. The van der Waals surface area contributed by atoms with Gasteiger partial charge in [-0.3, -0.25) is 14.2 Å². The molecule has 0 heterocycles. The average Bonchev–Trinajstić information content (AvgIpc) is 3.40. The molecule has 0 aromatic rings. The Morgan fingerprint density at radius 2 is 0.782 bits per heavy atom. The number of phosphoric ester groups is 1. The van der Waals surface area contributed by atoms with Crippen LogP contribution in [0.2, 0.25) is 0 Å². The second-order valence-corrected chi connectivity index (χ2v) is 25.0. The third-order valence-corrected chi connectivity index (χ3v) is 15.6. The van der Waals surface area contributed by atoms with Gasteiger partial charge in [0.25, 0.3) is 7.82 Å². The highest BCUT2D eigenvalue weighted by Gasteiger charge is 2.27. The first-order chi connectivity index (χ1) is 37.9. The van der Waals surface area contributed by atoms with E-state index < -0.39 is 26.6 Å². The zero-order valence-electron chi connectivity index (χ0n) is 52.1. The van der Waals surface area contributed by atoms with Crippen molar-refractivity contribution >= 4 is 19.7 Å². The highest BCUT2D eigenvalue weighted by molar-refractivity contribution is 7.45. The van der Waals surface area contributed by atoms with Crippen LogP contribution in [0.3, 0.4) is 0 Å². The number of carbonyl (C=O) groups is 2. The largest absolute Gasteiger partial charge is 0.756 e. The Morgan fingerprint density at radius 3 is 1.22 bits per heavy atom. The van der Waals surface area contributed by atoms with Gasteiger partial charge in [-0.2, -0.15) is 0 Å². The van der Waals surface area contributed by atoms with E-state index in [-0.39, 0.29) is 24.9 Å². The fourth-order valence-corrected chi connectivity index (χ4v) is 10.2. The molecule has 3 atom stereocenters. The summed E-state index contributed by atoms with van der Waals surface area (Å²) in [6, 6.07) is -0.896. The lowest BCUT2D eigenvalue weighted by Gasteiger charge is -2.30. The number of unbranched alkanes of at least 4 members (excludes halogenated alkanes) is 36. The van der Waals surface area contributed by atoms with Crippen molar-refractivity contribution in [1.29, 1.82) is 0 Å². The number of carbonyl (C=O) groups excluding carboxylic acids is 2. The number of esters is 1. The molecule has 0 rings (SSSR count). The number of allylic oxidation sites excluding steroid dienone is 9. The maximum Gasteiger partial charge on any atom is 0.306 e. The van der Waals surface area contributed by atoms with E-state index in [2.05, 4.69) is 74.7 Å². The van der Waals surface area contributed by atoms with E-state index in [1.165, 1.54) is 193 Å². The third kappa shape index (κ3) is 58.4. The topological polar surface area (TPSA) is 114 Å². The molecule has 0 aliphatic rings. The van der Waals surface area contributed by atoms with Crippen LogP contribution in [-0.4, -0.2) is 69.4 Å². The predicted octanol–water partition coefficient (Wildman–Crippen LogP) is 20.0. The van der Waals surface area contributed by atoms with Crippen LogP contribution in [0, 0.1) is 0 Å². The fraction of sp³-hybridized carbons (Fsp3) is 0.824. The summed E-state index contributed by atoms with van der Waals surface area (Å²) in [4.78, 5) is 40.0. The van der Waals surface area contributed by atoms with Gasteiger partial charge in [0.2, 0.25) is 5.91 Å². The van der Waals surface area contributed by atoms with Crippen LogP contribution in [0.25, 0.3) is 0 Å². The van der Waals surface area contributed by atoms with Gasteiger partial charge in [-0.15, -0.1) is 0 Å². The minimum Gasteiger partial charge on any atom is -0.756 e. The highest BCUT2D eigenvalue weighted by atomic mass is 31.2. The quantitative estimate of drug-likeness (QED) is 0.0212. The predicted molar refractivity (Wildman–Crippen MR) is 335 cm³/mol. The summed E-state index contributed by atoms with van der Waals surface area (Å²) < 4.78 is 30.3. The molecule has 0 spiro atoms. The lowest BCUT2D eigenvalue weighted by Crippen LogP contribution is -2.47. The number of rotatable bonds is 60. The van der Waals surface area contributed by atoms with Gasteiger partial charge in [-0.05, 0) is 96.0 Å². The molecule has 0 aliphatic carbocycles. The summed E-state index contributed by atoms with van der Waals surface area (Å²) in [5.41, 5.74) is 0. The van der Waals surface area contributed by atoms with Crippen molar-refractivity contribution in [2.75, 3.05) is 40.9 Å². The van der Waals surface area contributed by atoms with Crippen molar-refractivity contribution in [2.24, 2.45) is 0 Å². The fourth-order valence-electron chi connectivity index (χ4n) is 9.52. The second-order valence-electron chi connectivity index (χ2n) is 23.6. The van der Waals surface area contributed by atoms with E-state index in [9.17, 15) is 19.0 Å². The second kappa shape index (κ2) is 57.9. The monoisotopic (exact) mass is 1110 g/mol. The highest BCUT2D eigenvalue weighted by Crippen LogP contribution is 2.38. The molecule has 0 radical (unpaired) electrons. The Morgan fingerprint density at radius 1 is 0.449 bits per heavy atom. The first kappa shape index (κ1) is 75.7. The summed E-state index contributed by atoms with van der Waals surface area (Å²) in [5, 5.41) is 3.02. The van der Waals surface area contributed by atoms with Gasteiger partial charge in [-0.1, -0.05) is 262 Å². The third-order valence-electron chi connectivity index (χ3n) is 14.7. The summed E-state index contributed by atoms with van der Waals surface area (Å²) >= 11 is 0. The number of nitrogens with zero attached hydrogens (tertiary/aromatic N) is 1. The lowest BCUT2D eigenvalue weighted by molar-refractivity contribution is -0.870. The van der Waals surface area contributed by atoms with Crippen molar-refractivity contribution in [3.8, 4) is 0 Å². The van der Waals surface area contributed by atoms with E-state index in [1.54, 1.807) is 0 Å². The van der Waals surface area contributed by atoms with Crippen LogP contribution >= 0.6 is 7.82 Å². The number of nitrogens with one attached hydrogen (secondary N) is 1. The molecule has 9 nitrogen and oxygen atoms in total. The number of ether oxygens (including phenoxy) is 1. The van der Waals surface area contributed by atoms with Crippen LogP contribution in [0.1, 0.15) is 310 Å².